The van der Waals surface area contributed by atoms with Crippen LogP contribution in [-0.2, 0) is 11.2 Å². The van der Waals surface area contributed by atoms with Crippen LogP contribution in [0.3, 0.4) is 0 Å². The van der Waals surface area contributed by atoms with Crippen LogP contribution in [0.25, 0.3) is 0 Å². The van der Waals surface area contributed by atoms with Gasteiger partial charge in [-0.15, -0.1) is 0 Å². The third kappa shape index (κ3) is 2.65. The molecule has 1 aromatic rings. The van der Waals surface area contributed by atoms with Crippen molar-refractivity contribution in [2.24, 2.45) is 5.92 Å². The summed E-state index contributed by atoms with van der Waals surface area (Å²) in [6, 6.07) is 0.0738. The summed E-state index contributed by atoms with van der Waals surface area (Å²) >= 11 is 0. The fraction of sp³-hybridized carbons (Fsp3) is 0.750. The number of aromatic amines is 1. The third-order valence-electron chi connectivity index (χ3n) is 3.11. The highest BCUT2D eigenvalue weighted by molar-refractivity contribution is 5.74. The smallest absolute Gasteiger partial charge is 0.220 e. The molecule has 0 unspecified atom stereocenters. The largest absolute Gasteiger partial charge is 0.333 e. The molecule has 1 saturated heterocycles. The Morgan fingerprint density at radius 3 is 3.00 bits per heavy atom. The maximum Gasteiger partial charge on any atom is 0.220 e. The van der Waals surface area contributed by atoms with E-state index in [-0.39, 0.29) is 11.9 Å². The van der Waals surface area contributed by atoms with Gasteiger partial charge in [0.15, 0.2) is 5.82 Å². The number of carbonyl (C=O) groups is 1. The zero-order chi connectivity index (χ0) is 12.4. The van der Waals surface area contributed by atoms with Crippen LogP contribution in [0.1, 0.15) is 51.3 Å². The number of likely N-dealkylation sites (tertiary alicyclic amines) is 1. The van der Waals surface area contributed by atoms with E-state index in [0.29, 0.717) is 5.92 Å². The van der Waals surface area contributed by atoms with E-state index in [1.54, 1.807) is 6.92 Å². The monoisotopic (exact) mass is 236 g/mol. The standard InChI is InChI=1S/C12H20N4O/c1-8(2)7-11-13-12(15-14-11)10-5-4-6-16(10)9(3)17/h8,10H,4-7H2,1-3H3,(H,13,14,15)/t10-/m0/s1. The second kappa shape index (κ2) is 4.85. The Bertz CT molecular complexity index is 399. The van der Waals surface area contributed by atoms with Crippen molar-refractivity contribution < 1.29 is 4.79 Å². The van der Waals surface area contributed by atoms with Crippen LogP contribution in [-0.4, -0.2) is 32.5 Å². The lowest BCUT2D eigenvalue weighted by atomic mass is 10.1. The first-order valence-electron chi connectivity index (χ1n) is 6.26. The van der Waals surface area contributed by atoms with Gasteiger partial charge in [0.05, 0.1) is 6.04 Å². The molecule has 1 amide bonds. The Labute approximate surface area is 102 Å². The van der Waals surface area contributed by atoms with Crippen molar-refractivity contribution in [3.05, 3.63) is 11.6 Å². The molecular formula is C12H20N4O. The summed E-state index contributed by atoms with van der Waals surface area (Å²) in [5.74, 6) is 2.37. The lowest BCUT2D eigenvalue weighted by Crippen LogP contribution is -2.28. The van der Waals surface area contributed by atoms with Crippen LogP contribution < -0.4 is 0 Å². The highest BCUT2D eigenvalue weighted by Crippen LogP contribution is 2.29. The molecule has 1 fully saturated rings. The van der Waals surface area contributed by atoms with E-state index in [0.717, 1.165) is 37.5 Å². The van der Waals surface area contributed by atoms with E-state index < -0.39 is 0 Å². The number of carbonyl (C=O) groups excluding carboxylic acids is 1. The van der Waals surface area contributed by atoms with Crippen LogP contribution in [0.2, 0.25) is 0 Å². The van der Waals surface area contributed by atoms with Gasteiger partial charge in [0.2, 0.25) is 5.91 Å². The van der Waals surface area contributed by atoms with Gasteiger partial charge < -0.3 is 4.90 Å². The van der Waals surface area contributed by atoms with E-state index in [1.807, 2.05) is 4.90 Å². The first kappa shape index (κ1) is 12.1. The van der Waals surface area contributed by atoms with Gasteiger partial charge in [-0.25, -0.2) is 4.98 Å². The molecule has 1 aliphatic heterocycles. The van der Waals surface area contributed by atoms with Crippen LogP contribution in [0.5, 0.6) is 0 Å². The number of rotatable bonds is 3. The second-order valence-electron chi connectivity index (χ2n) is 5.11. The first-order valence-corrected chi connectivity index (χ1v) is 6.26. The Hall–Kier alpha value is -1.39. The van der Waals surface area contributed by atoms with Gasteiger partial charge in [-0.3, -0.25) is 9.89 Å². The summed E-state index contributed by atoms with van der Waals surface area (Å²) in [6.45, 7) is 6.74. The summed E-state index contributed by atoms with van der Waals surface area (Å²) < 4.78 is 0. The molecule has 1 aromatic heterocycles. The number of nitrogens with zero attached hydrogens (tertiary/aromatic N) is 3. The van der Waals surface area contributed by atoms with Gasteiger partial charge in [0, 0.05) is 19.9 Å². The molecule has 1 aliphatic rings. The SMILES string of the molecule is CC(=O)N1CCC[C@H]1c1n[nH]c(CC(C)C)n1. The normalized spacial score (nSPS) is 20.2. The van der Waals surface area contributed by atoms with Crippen molar-refractivity contribution in [3.8, 4) is 0 Å². The minimum Gasteiger partial charge on any atom is -0.333 e. The maximum atomic E-state index is 11.5. The molecule has 94 valence electrons. The Morgan fingerprint density at radius 1 is 1.59 bits per heavy atom. The summed E-state index contributed by atoms with van der Waals surface area (Å²) in [4.78, 5) is 17.8. The molecule has 2 rings (SSSR count). The minimum absolute atomic E-state index is 0.0738. The fourth-order valence-corrected chi connectivity index (χ4v) is 2.35. The molecule has 5 heteroatoms. The summed E-state index contributed by atoms with van der Waals surface area (Å²) in [5.41, 5.74) is 0. The number of amides is 1. The van der Waals surface area contributed by atoms with Crippen LogP contribution >= 0.6 is 0 Å². The van der Waals surface area contributed by atoms with Crippen molar-refractivity contribution in [1.29, 1.82) is 0 Å². The summed E-state index contributed by atoms with van der Waals surface area (Å²) in [6.07, 6.45) is 2.91. The van der Waals surface area contributed by atoms with Crippen molar-refractivity contribution in [3.63, 3.8) is 0 Å². The number of hydrogen-bond acceptors (Lipinski definition) is 3. The molecule has 1 atom stereocenters. The lowest BCUT2D eigenvalue weighted by Gasteiger charge is -2.20. The zero-order valence-electron chi connectivity index (χ0n) is 10.7. The van der Waals surface area contributed by atoms with Crippen molar-refractivity contribution in [1.82, 2.24) is 20.1 Å². The molecule has 17 heavy (non-hydrogen) atoms. The van der Waals surface area contributed by atoms with Gasteiger partial charge in [-0.2, -0.15) is 5.10 Å². The topological polar surface area (TPSA) is 61.9 Å². The molecule has 0 spiro atoms. The Morgan fingerprint density at radius 2 is 2.35 bits per heavy atom. The zero-order valence-corrected chi connectivity index (χ0v) is 10.7. The average Bonchev–Trinajstić information content (AvgIpc) is 2.82. The maximum absolute atomic E-state index is 11.5. The molecule has 5 nitrogen and oxygen atoms in total. The van der Waals surface area contributed by atoms with E-state index >= 15 is 0 Å². The van der Waals surface area contributed by atoms with Gasteiger partial charge in [0.1, 0.15) is 5.82 Å². The average molecular weight is 236 g/mol. The second-order valence-corrected chi connectivity index (χ2v) is 5.11. The molecule has 0 saturated carbocycles. The van der Waals surface area contributed by atoms with Crippen LogP contribution in [0.4, 0.5) is 0 Å². The van der Waals surface area contributed by atoms with Gasteiger partial charge in [-0.05, 0) is 18.8 Å². The van der Waals surface area contributed by atoms with Crippen LogP contribution in [0, 0.1) is 5.92 Å². The van der Waals surface area contributed by atoms with E-state index in [2.05, 4.69) is 29.0 Å². The quantitative estimate of drug-likeness (QED) is 0.868. The fourth-order valence-electron chi connectivity index (χ4n) is 2.35. The molecule has 1 N–H and O–H groups in total. The van der Waals surface area contributed by atoms with Gasteiger partial charge >= 0.3 is 0 Å². The molecular weight excluding hydrogens is 216 g/mol. The van der Waals surface area contributed by atoms with Gasteiger partial charge in [0.25, 0.3) is 0 Å². The van der Waals surface area contributed by atoms with Crippen molar-refractivity contribution in [2.75, 3.05) is 6.54 Å². The molecule has 0 aliphatic carbocycles. The molecule has 0 aromatic carbocycles. The van der Waals surface area contributed by atoms with E-state index in [9.17, 15) is 4.79 Å². The molecule has 0 bridgehead atoms. The van der Waals surface area contributed by atoms with Gasteiger partial charge in [-0.1, -0.05) is 13.8 Å². The predicted molar refractivity (Wildman–Crippen MR) is 64.3 cm³/mol. The number of nitrogens with one attached hydrogen (secondary N) is 1. The highest BCUT2D eigenvalue weighted by atomic mass is 16.2. The number of H-pyrrole nitrogens is 1. The Kier molecular flexibility index (Phi) is 3.45. The first-order chi connectivity index (χ1) is 8.08. The summed E-state index contributed by atoms with van der Waals surface area (Å²) in [5, 5.41) is 7.23. The van der Waals surface area contributed by atoms with Crippen LogP contribution in [0.15, 0.2) is 0 Å². The lowest BCUT2D eigenvalue weighted by molar-refractivity contribution is -0.129. The third-order valence-corrected chi connectivity index (χ3v) is 3.11. The minimum atomic E-state index is 0.0738. The van der Waals surface area contributed by atoms with E-state index in [4.69, 9.17) is 0 Å². The Balaban J connectivity index is 2.11. The summed E-state index contributed by atoms with van der Waals surface area (Å²) in [7, 11) is 0. The van der Waals surface area contributed by atoms with Crippen molar-refractivity contribution >= 4 is 5.91 Å². The molecule has 0 radical (unpaired) electrons. The van der Waals surface area contributed by atoms with E-state index in [1.165, 1.54) is 0 Å². The highest BCUT2D eigenvalue weighted by Gasteiger charge is 2.30. The number of hydrogen-bond donors (Lipinski definition) is 1. The number of aromatic nitrogens is 3. The molecule has 2 heterocycles. The predicted octanol–water partition coefficient (Wildman–Crippen LogP) is 1.69. The van der Waals surface area contributed by atoms with Crippen molar-refractivity contribution in [2.45, 2.75) is 46.1 Å².